The van der Waals surface area contributed by atoms with E-state index in [1.807, 2.05) is 37.3 Å². The molecule has 4 aromatic rings. The van der Waals surface area contributed by atoms with E-state index in [1.54, 1.807) is 12.1 Å². The number of imidazole rings is 1. The van der Waals surface area contributed by atoms with Gasteiger partial charge in [-0.3, -0.25) is 4.79 Å². The third-order valence-corrected chi connectivity index (χ3v) is 5.52. The van der Waals surface area contributed by atoms with Crippen LogP contribution in [0.15, 0.2) is 57.7 Å². The number of para-hydroxylation sites is 2. The number of aromatic nitrogens is 2. The quantitative estimate of drug-likeness (QED) is 0.436. The van der Waals surface area contributed by atoms with Crippen molar-refractivity contribution in [1.29, 1.82) is 0 Å². The molecule has 7 heteroatoms. The lowest BCUT2D eigenvalue weighted by molar-refractivity contribution is -0.124. The zero-order valence-electron chi connectivity index (χ0n) is 17.8. The molecule has 0 radical (unpaired) electrons. The maximum absolute atomic E-state index is 12.7. The van der Waals surface area contributed by atoms with Crippen molar-refractivity contribution in [2.75, 3.05) is 6.61 Å². The lowest BCUT2D eigenvalue weighted by Gasteiger charge is -2.22. The first-order valence-corrected chi connectivity index (χ1v) is 10.4. The largest absolute Gasteiger partial charge is 0.484 e. The number of amides is 1. The molecule has 0 aliphatic heterocycles. The normalized spacial score (nSPS) is 13.3. The van der Waals surface area contributed by atoms with Crippen molar-refractivity contribution in [3.63, 3.8) is 0 Å². The zero-order chi connectivity index (χ0) is 22.0. The van der Waals surface area contributed by atoms with Crippen molar-refractivity contribution in [1.82, 2.24) is 15.3 Å². The van der Waals surface area contributed by atoms with E-state index >= 15 is 0 Å². The molecule has 31 heavy (non-hydrogen) atoms. The number of aryl methyl sites for hydroxylation is 1. The van der Waals surface area contributed by atoms with Crippen LogP contribution in [0, 0.1) is 12.8 Å². The summed E-state index contributed by atoms with van der Waals surface area (Å²) in [7, 11) is 0. The molecule has 0 fully saturated rings. The van der Waals surface area contributed by atoms with E-state index in [2.05, 4.69) is 29.1 Å². The number of rotatable bonds is 7. The number of nitrogens with one attached hydrogen (secondary N) is 2. The number of carbonyl (C=O) groups excluding carboxylic acids is 1. The van der Waals surface area contributed by atoms with Crippen LogP contribution in [0.25, 0.3) is 22.0 Å². The summed E-state index contributed by atoms with van der Waals surface area (Å²) in [5.74, 6) is 1.12. The van der Waals surface area contributed by atoms with Crippen LogP contribution in [-0.4, -0.2) is 22.5 Å². The third-order valence-electron chi connectivity index (χ3n) is 5.52. The van der Waals surface area contributed by atoms with Gasteiger partial charge in [-0.05, 0) is 42.7 Å². The van der Waals surface area contributed by atoms with Gasteiger partial charge in [-0.25, -0.2) is 9.78 Å². The van der Waals surface area contributed by atoms with Gasteiger partial charge >= 0.3 is 5.63 Å². The van der Waals surface area contributed by atoms with E-state index in [-0.39, 0.29) is 24.5 Å². The second kappa shape index (κ2) is 8.63. The fourth-order valence-electron chi connectivity index (χ4n) is 3.59. The minimum Gasteiger partial charge on any atom is -0.484 e. The highest BCUT2D eigenvalue weighted by Gasteiger charge is 2.23. The second-order valence-corrected chi connectivity index (χ2v) is 7.76. The van der Waals surface area contributed by atoms with Crippen LogP contribution >= 0.6 is 0 Å². The van der Waals surface area contributed by atoms with Gasteiger partial charge in [-0.2, -0.15) is 0 Å². The first-order valence-electron chi connectivity index (χ1n) is 10.4. The molecule has 0 saturated heterocycles. The highest BCUT2D eigenvalue weighted by atomic mass is 16.5. The molecule has 4 rings (SSSR count). The summed E-state index contributed by atoms with van der Waals surface area (Å²) in [5.41, 5.74) is 2.65. The summed E-state index contributed by atoms with van der Waals surface area (Å²) in [4.78, 5) is 32.2. The number of ether oxygens (including phenoxy) is 1. The number of H-pyrrole nitrogens is 1. The van der Waals surface area contributed by atoms with Gasteiger partial charge in [0.2, 0.25) is 0 Å². The molecule has 2 aromatic heterocycles. The number of fused-ring (bicyclic) bond motifs is 2. The van der Waals surface area contributed by atoms with Crippen LogP contribution in [0.2, 0.25) is 0 Å². The summed E-state index contributed by atoms with van der Waals surface area (Å²) in [6.45, 7) is 5.84. The van der Waals surface area contributed by atoms with Crippen molar-refractivity contribution in [2.24, 2.45) is 5.92 Å². The van der Waals surface area contributed by atoms with Gasteiger partial charge in [0.15, 0.2) is 6.61 Å². The van der Waals surface area contributed by atoms with E-state index in [0.29, 0.717) is 11.3 Å². The number of aromatic amines is 1. The number of nitrogens with zero attached hydrogens (tertiary/aromatic N) is 1. The molecule has 2 atom stereocenters. The SMILES string of the molecule is CC[C@H](C)[C@H](NC(=O)COc1ccc2c(C)cc(=O)oc2c1)c1nc2ccccc2[nH]1. The van der Waals surface area contributed by atoms with Gasteiger partial charge < -0.3 is 19.5 Å². The van der Waals surface area contributed by atoms with Crippen LogP contribution in [-0.2, 0) is 4.79 Å². The van der Waals surface area contributed by atoms with Gasteiger partial charge in [0.1, 0.15) is 17.2 Å². The van der Waals surface area contributed by atoms with Gasteiger partial charge in [0, 0.05) is 17.5 Å². The van der Waals surface area contributed by atoms with Crippen LogP contribution < -0.4 is 15.7 Å². The molecular formula is C24H25N3O4. The Balaban J connectivity index is 1.48. The van der Waals surface area contributed by atoms with Crippen molar-refractivity contribution in [3.05, 3.63) is 70.3 Å². The summed E-state index contributed by atoms with van der Waals surface area (Å²) in [5, 5.41) is 3.87. The molecule has 0 saturated carbocycles. The van der Waals surface area contributed by atoms with Gasteiger partial charge in [0.25, 0.3) is 5.91 Å². The van der Waals surface area contributed by atoms with Crippen molar-refractivity contribution in [3.8, 4) is 5.75 Å². The molecule has 0 aliphatic rings. The molecule has 1 amide bonds. The average Bonchev–Trinajstić information content (AvgIpc) is 3.19. The summed E-state index contributed by atoms with van der Waals surface area (Å²) in [6.07, 6.45) is 0.881. The fraction of sp³-hybridized carbons (Fsp3) is 0.292. The van der Waals surface area contributed by atoms with Gasteiger partial charge in [-0.1, -0.05) is 32.4 Å². The summed E-state index contributed by atoms with van der Waals surface area (Å²) in [6, 6.07) is 14.2. The Morgan fingerprint density at radius 2 is 2.03 bits per heavy atom. The molecule has 2 heterocycles. The average molecular weight is 419 g/mol. The van der Waals surface area contributed by atoms with E-state index < -0.39 is 5.63 Å². The summed E-state index contributed by atoms with van der Waals surface area (Å²) >= 11 is 0. The van der Waals surface area contributed by atoms with Crippen molar-refractivity contribution >= 4 is 27.9 Å². The smallest absolute Gasteiger partial charge is 0.336 e. The Bertz CT molecular complexity index is 1260. The lowest BCUT2D eigenvalue weighted by atomic mass is 9.98. The molecule has 160 valence electrons. The van der Waals surface area contributed by atoms with Crippen LogP contribution in [0.3, 0.4) is 0 Å². The first kappa shape index (κ1) is 20.7. The van der Waals surface area contributed by atoms with Crippen LogP contribution in [0.4, 0.5) is 0 Å². The highest BCUT2D eigenvalue weighted by molar-refractivity contribution is 5.82. The molecule has 0 bridgehead atoms. The molecular weight excluding hydrogens is 394 g/mol. The first-order chi connectivity index (χ1) is 14.9. The standard InChI is InChI=1S/C24H25N3O4/c1-4-14(2)23(24-25-18-7-5-6-8-19(18)26-24)27-21(28)13-30-16-9-10-17-15(3)11-22(29)31-20(17)12-16/h5-12,14,23H,4,13H2,1-3H3,(H,25,26)(H,27,28)/t14-,23-/m0/s1. The van der Waals surface area contributed by atoms with Gasteiger partial charge in [0.05, 0.1) is 17.1 Å². The fourth-order valence-corrected chi connectivity index (χ4v) is 3.59. The molecule has 0 aliphatic carbocycles. The minimum atomic E-state index is -0.415. The Hall–Kier alpha value is -3.61. The number of hydrogen-bond donors (Lipinski definition) is 2. The predicted molar refractivity (Wildman–Crippen MR) is 119 cm³/mol. The maximum atomic E-state index is 12.7. The topological polar surface area (TPSA) is 97.2 Å². The highest BCUT2D eigenvalue weighted by Crippen LogP contribution is 2.25. The molecule has 0 spiro atoms. The molecule has 0 unspecified atom stereocenters. The minimum absolute atomic E-state index is 0.158. The van der Waals surface area contributed by atoms with E-state index in [4.69, 9.17) is 9.15 Å². The second-order valence-electron chi connectivity index (χ2n) is 7.76. The van der Waals surface area contributed by atoms with E-state index in [1.165, 1.54) is 6.07 Å². The third kappa shape index (κ3) is 4.45. The predicted octanol–water partition coefficient (Wildman–Crippen LogP) is 4.26. The Morgan fingerprint density at radius 3 is 2.81 bits per heavy atom. The van der Waals surface area contributed by atoms with Crippen LogP contribution in [0.1, 0.15) is 37.7 Å². The van der Waals surface area contributed by atoms with Crippen molar-refractivity contribution < 1.29 is 13.9 Å². The Kier molecular flexibility index (Phi) is 5.75. The van der Waals surface area contributed by atoms with E-state index in [9.17, 15) is 9.59 Å². The van der Waals surface area contributed by atoms with Crippen molar-refractivity contribution in [2.45, 2.75) is 33.2 Å². The lowest BCUT2D eigenvalue weighted by Crippen LogP contribution is -2.36. The number of carbonyl (C=O) groups is 1. The molecule has 2 aromatic carbocycles. The zero-order valence-corrected chi connectivity index (χ0v) is 17.8. The number of benzene rings is 2. The Morgan fingerprint density at radius 1 is 1.23 bits per heavy atom. The van der Waals surface area contributed by atoms with Gasteiger partial charge in [-0.15, -0.1) is 0 Å². The Labute approximate surface area is 179 Å². The number of hydrogen-bond acceptors (Lipinski definition) is 5. The molecule has 2 N–H and O–H groups in total. The monoisotopic (exact) mass is 419 g/mol. The summed E-state index contributed by atoms with van der Waals surface area (Å²) < 4.78 is 10.9. The maximum Gasteiger partial charge on any atom is 0.336 e. The molecule has 7 nitrogen and oxygen atoms in total. The van der Waals surface area contributed by atoms with E-state index in [0.717, 1.165) is 34.2 Å². The van der Waals surface area contributed by atoms with Crippen LogP contribution in [0.5, 0.6) is 5.75 Å².